The van der Waals surface area contributed by atoms with Crippen LogP contribution in [0.1, 0.15) is 26.7 Å². The van der Waals surface area contributed by atoms with E-state index in [4.69, 9.17) is 9.84 Å². The second-order valence-corrected chi connectivity index (χ2v) is 5.42. The molecule has 0 spiro atoms. The number of aliphatic imine (C=N–C) groups is 1. The Morgan fingerprint density at radius 2 is 2.26 bits per heavy atom. The number of nitrogens with one attached hydrogen (secondary N) is 1. The average Bonchev–Trinajstić information content (AvgIpc) is 3.22. The molecule has 0 radical (unpaired) electrons. The van der Waals surface area contributed by atoms with Crippen LogP contribution in [0.2, 0.25) is 0 Å². The van der Waals surface area contributed by atoms with Crippen LogP contribution < -0.4 is 5.32 Å². The van der Waals surface area contributed by atoms with Gasteiger partial charge >= 0.3 is 0 Å². The minimum absolute atomic E-state index is 0.178. The summed E-state index contributed by atoms with van der Waals surface area (Å²) in [6.07, 6.45) is 2.66. The van der Waals surface area contributed by atoms with Gasteiger partial charge in [0.2, 0.25) is 0 Å². The van der Waals surface area contributed by atoms with Gasteiger partial charge in [0.15, 0.2) is 5.96 Å². The molecule has 0 aliphatic heterocycles. The van der Waals surface area contributed by atoms with E-state index in [0.29, 0.717) is 6.54 Å². The first-order valence-electron chi connectivity index (χ1n) is 7.35. The van der Waals surface area contributed by atoms with Crippen molar-refractivity contribution in [1.82, 2.24) is 10.2 Å². The summed E-state index contributed by atoms with van der Waals surface area (Å²) >= 11 is 0. The van der Waals surface area contributed by atoms with E-state index in [-0.39, 0.29) is 12.5 Å². The molecular weight excluding hydrogens is 242 g/mol. The molecule has 1 saturated carbocycles. The van der Waals surface area contributed by atoms with Gasteiger partial charge in [0.1, 0.15) is 0 Å². The molecule has 5 heteroatoms. The van der Waals surface area contributed by atoms with Crippen LogP contribution in [-0.4, -0.2) is 62.5 Å². The van der Waals surface area contributed by atoms with Gasteiger partial charge in [-0.1, -0.05) is 6.92 Å². The Hall–Kier alpha value is -0.810. The topological polar surface area (TPSA) is 57.1 Å². The molecule has 0 aromatic carbocycles. The lowest BCUT2D eigenvalue weighted by Crippen LogP contribution is -2.41. The Labute approximate surface area is 117 Å². The Morgan fingerprint density at radius 3 is 2.84 bits per heavy atom. The molecule has 1 aliphatic rings. The summed E-state index contributed by atoms with van der Waals surface area (Å²) in [5, 5.41) is 12.3. The number of nitrogens with zero attached hydrogens (tertiary/aromatic N) is 2. The highest BCUT2D eigenvalue weighted by atomic mass is 16.5. The molecule has 2 N–H and O–H groups in total. The van der Waals surface area contributed by atoms with Crippen molar-refractivity contribution in [3.05, 3.63) is 0 Å². The molecule has 112 valence electrons. The maximum Gasteiger partial charge on any atom is 0.193 e. The van der Waals surface area contributed by atoms with E-state index < -0.39 is 0 Å². The number of aliphatic hydroxyl groups excluding tert-OH is 1. The highest BCUT2D eigenvalue weighted by molar-refractivity contribution is 5.79. The molecular formula is C14H29N3O2. The number of hydrogen-bond acceptors (Lipinski definition) is 3. The zero-order valence-electron chi connectivity index (χ0n) is 12.6. The molecule has 1 unspecified atom stereocenters. The quantitative estimate of drug-likeness (QED) is 0.372. The summed E-state index contributed by atoms with van der Waals surface area (Å²) in [6.45, 7) is 8.21. The van der Waals surface area contributed by atoms with Crippen molar-refractivity contribution < 1.29 is 9.84 Å². The third-order valence-corrected chi connectivity index (χ3v) is 3.18. The summed E-state index contributed by atoms with van der Waals surface area (Å²) in [6, 6.07) is 0. The van der Waals surface area contributed by atoms with E-state index in [1.807, 2.05) is 14.0 Å². The predicted molar refractivity (Wildman–Crippen MR) is 78.4 cm³/mol. The second kappa shape index (κ2) is 9.15. The first-order valence-corrected chi connectivity index (χ1v) is 7.35. The zero-order valence-corrected chi connectivity index (χ0v) is 12.6. The van der Waals surface area contributed by atoms with Gasteiger partial charge in [0.25, 0.3) is 0 Å². The minimum atomic E-state index is 0.178. The Bertz CT molecular complexity index is 267. The first-order chi connectivity index (χ1) is 9.17. The van der Waals surface area contributed by atoms with Crippen molar-refractivity contribution in [2.24, 2.45) is 16.8 Å². The fraction of sp³-hybridized carbons (Fsp3) is 0.929. The lowest BCUT2D eigenvalue weighted by molar-refractivity contribution is 0.115. The normalized spacial score (nSPS) is 17.4. The third-order valence-electron chi connectivity index (χ3n) is 3.18. The molecule has 0 amide bonds. The zero-order chi connectivity index (χ0) is 14.1. The number of rotatable bonds is 9. The van der Waals surface area contributed by atoms with Crippen molar-refractivity contribution in [1.29, 1.82) is 0 Å². The number of likely N-dealkylation sites (N-methyl/N-ethyl adjacent to an activating group) is 1. The summed E-state index contributed by atoms with van der Waals surface area (Å²) in [5.41, 5.74) is 0. The van der Waals surface area contributed by atoms with E-state index in [1.165, 1.54) is 12.8 Å². The maximum atomic E-state index is 9.02. The van der Waals surface area contributed by atoms with Gasteiger partial charge < -0.3 is 20.1 Å². The average molecular weight is 271 g/mol. The number of hydrogen-bond donors (Lipinski definition) is 2. The van der Waals surface area contributed by atoms with E-state index in [1.54, 1.807) is 0 Å². The smallest absolute Gasteiger partial charge is 0.193 e. The van der Waals surface area contributed by atoms with Crippen LogP contribution in [0.15, 0.2) is 4.99 Å². The van der Waals surface area contributed by atoms with E-state index >= 15 is 0 Å². The first kappa shape index (κ1) is 16.2. The largest absolute Gasteiger partial charge is 0.396 e. The molecule has 0 aromatic heterocycles. The van der Waals surface area contributed by atoms with Crippen LogP contribution in [0, 0.1) is 11.8 Å². The number of ether oxygens (including phenoxy) is 1. The van der Waals surface area contributed by atoms with Gasteiger partial charge in [-0.3, -0.25) is 4.99 Å². The Kier molecular flexibility index (Phi) is 7.82. The lowest BCUT2D eigenvalue weighted by Gasteiger charge is -2.22. The minimum Gasteiger partial charge on any atom is -0.396 e. The van der Waals surface area contributed by atoms with E-state index in [2.05, 4.69) is 22.1 Å². The van der Waals surface area contributed by atoms with E-state index in [9.17, 15) is 0 Å². The summed E-state index contributed by atoms with van der Waals surface area (Å²) < 4.78 is 5.64. The maximum absolute atomic E-state index is 9.02. The highest BCUT2D eigenvalue weighted by Gasteiger charge is 2.21. The molecule has 5 nitrogen and oxygen atoms in total. The van der Waals surface area contributed by atoms with Crippen molar-refractivity contribution >= 4 is 5.96 Å². The predicted octanol–water partition coefficient (Wildman–Crippen LogP) is 0.939. The van der Waals surface area contributed by atoms with Crippen molar-refractivity contribution in [2.75, 3.05) is 46.5 Å². The summed E-state index contributed by atoms with van der Waals surface area (Å²) in [4.78, 5) is 6.61. The Morgan fingerprint density at radius 1 is 1.53 bits per heavy atom. The second-order valence-electron chi connectivity index (χ2n) is 5.42. The fourth-order valence-electron chi connectivity index (χ4n) is 1.61. The van der Waals surface area contributed by atoms with Crippen LogP contribution in [-0.2, 0) is 4.74 Å². The van der Waals surface area contributed by atoms with Gasteiger partial charge in [-0.25, -0.2) is 0 Å². The lowest BCUT2D eigenvalue weighted by atomic mass is 10.2. The van der Waals surface area contributed by atoms with Crippen LogP contribution in [0.5, 0.6) is 0 Å². The molecule has 1 aliphatic carbocycles. The molecule has 0 heterocycles. The van der Waals surface area contributed by atoms with Crippen LogP contribution in [0.25, 0.3) is 0 Å². The van der Waals surface area contributed by atoms with Crippen molar-refractivity contribution in [2.45, 2.75) is 26.7 Å². The van der Waals surface area contributed by atoms with Crippen LogP contribution in [0.4, 0.5) is 0 Å². The standard InChI is InChI=1S/C14H29N3O2/c1-4-15-14(16-9-12(2)10-18)17(3)7-8-19-11-13-5-6-13/h12-13,18H,4-11H2,1-3H3,(H,15,16). The fourth-order valence-corrected chi connectivity index (χ4v) is 1.61. The summed E-state index contributed by atoms with van der Waals surface area (Å²) in [7, 11) is 2.02. The van der Waals surface area contributed by atoms with E-state index in [0.717, 1.165) is 38.2 Å². The molecule has 0 bridgehead atoms. The molecule has 0 saturated heterocycles. The van der Waals surface area contributed by atoms with Gasteiger partial charge in [0.05, 0.1) is 6.61 Å². The van der Waals surface area contributed by atoms with Crippen molar-refractivity contribution in [3.8, 4) is 0 Å². The van der Waals surface area contributed by atoms with Gasteiger partial charge in [0, 0.05) is 39.9 Å². The molecule has 1 atom stereocenters. The highest BCUT2D eigenvalue weighted by Crippen LogP contribution is 2.28. The summed E-state index contributed by atoms with van der Waals surface area (Å²) in [5.74, 6) is 1.91. The van der Waals surface area contributed by atoms with Crippen molar-refractivity contribution in [3.63, 3.8) is 0 Å². The SMILES string of the molecule is CCNC(=NCC(C)CO)N(C)CCOCC1CC1. The van der Waals surface area contributed by atoms with Crippen LogP contribution in [0.3, 0.4) is 0 Å². The number of aliphatic hydroxyl groups is 1. The molecule has 1 fully saturated rings. The molecule has 19 heavy (non-hydrogen) atoms. The van der Waals surface area contributed by atoms with Gasteiger partial charge in [-0.15, -0.1) is 0 Å². The molecule has 0 aromatic rings. The monoisotopic (exact) mass is 271 g/mol. The van der Waals surface area contributed by atoms with Crippen LogP contribution >= 0.6 is 0 Å². The Balaban J connectivity index is 2.26. The molecule has 1 rings (SSSR count). The van der Waals surface area contributed by atoms with Gasteiger partial charge in [-0.2, -0.15) is 0 Å². The third kappa shape index (κ3) is 7.38. The van der Waals surface area contributed by atoms with Gasteiger partial charge in [-0.05, 0) is 31.6 Å². The number of guanidine groups is 1.